The molecule has 1 saturated carbocycles. The quantitative estimate of drug-likeness (QED) is 0.538. The molecule has 0 unspecified atom stereocenters. The van der Waals surface area contributed by atoms with Crippen molar-refractivity contribution in [1.29, 1.82) is 0 Å². The lowest BCUT2D eigenvalue weighted by atomic mass is 9.81. The first-order chi connectivity index (χ1) is 11.3. The van der Waals surface area contributed by atoms with Crippen LogP contribution in [0.2, 0.25) is 0 Å². The number of benzene rings is 1. The van der Waals surface area contributed by atoms with Crippen LogP contribution in [0.3, 0.4) is 0 Å². The summed E-state index contributed by atoms with van der Waals surface area (Å²) in [6, 6.07) is 6.90. The Kier molecular flexibility index (Phi) is 3.34. The lowest BCUT2D eigenvalue weighted by molar-refractivity contribution is 0.0732. The molecule has 0 saturated heterocycles. The number of nitrogens with zero attached hydrogens (tertiary/aromatic N) is 5. The third-order valence-electron chi connectivity index (χ3n) is 3.97. The second-order valence-corrected chi connectivity index (χ2v) is 5.38. The SMILES string of the molecule is O=C(Oc1ccc(-n2cnnn2)cc1)c1conc1C1CCC1. The van der Waals surface area contributed by atoms with Crippen LogP contribution in [0.5, 0.6) is 5.75 Å². The number of esters is 1. The zero-order chi connectivity index (χ0) is 15.6. The Morgan fingerprint density at radius 1 is 1.26 bits per heavy atom. The van der Waals surface area contributed by atoms with Crippen molar-refractivity contribution in [3.63, 3.8) is 0 Å². The molecular formula is C15H13N5O3. The number of hydrogen-bond acceptors (Lipinski definition) is 7. The topological polar surface area (TPSA) is 95.9 Å². The average Bonchev–Trinajstić information content (AvgIpc) is 3.17. The van der Waals surface area contributed by atoms with Crippen molar-refractivity contribution < 1.29 is 14.1 Å². The highest BCUT2D eigenvalue weighted by Gasteiger charge is 2.29. The highest BCUT2D eigenvalue weighted by Crippen LogP contribution is 2.37. The van der Waals surface area contributed by atoms with E-state index in [0.717, 1.165) is 24.9 Å². The van der Waals surface area contributed by atoms with Gasteiger partial charge in [0.25, 0.3) is 0 Å². The molecule has 23 heavy (non-hydrogen) atoms. The lowest BCUT2D eigenvalue weighted by Gasteiger charge is -2.23. The number of aromatic nitrogens is 5. The fraction of sp³-hybridized carbons (Fsp3) is 0.267. The van der Waals surface area contributed by atoms with Crippen LogP contribution in [-0.4, -0.2) is 31.3 Å². The molecule has 8 nitrogen and oxygen atoms in total. The van der Waals surface area contributed by atoms with E-state index in [1.807, 2.05) is 0 Å². The Morgan fingerprint density at radius 3 is 2.74 bits per heavy atom. The number of hydrogen-bond donors (Lipinski definition) is 0. The smallest absolute Gasteiger partial charge is 0.348 e. The van der Waals surface area contributed by atoms with Crippen LogP contribution in [0, 0.1) is 0 Å². The van der Waals surface area contributed by atoms with Crippen LogP contribution in [0.25, 0.3) is 5.69 Å². The molecule has 0 spiro atoms. The van der Waals surface area contributed by atoms with E-state index in [1.54, 1.807) is 24.3 Å². The highest BCUT2D eigenvalue weighted by molar-refractivity contribution is 5.92. The maximum atomic E-state index is 12.3. The van der Waals surface area contributed by atoms with Gasteiger partial charge in [0.15, 0.2) is 0 Å². The molecular weight excluding hydrogens is 298 g/mol. The summed E-state index contributed by atoms with van der Waals surface area (Å²) >= 11 is 0. The molecule has 4 rings (SSSR count). The molecule has 1 aliphatic carbocycles. The molecule has 0 amide bonds. The second-order valence-electron chi connectivity index (χ2n) is 5.38. The third kappa shape index (κ3) is 2.59. The number of ether oxygens (including phenoxy) is 1. The highest BCUT2D eigenvalue weighted by atomic mass is 16.5. The minimum Gasteiger partial charge on any atom is -0.423 e. The van der Waals surface area contributed by atoms with Crippen molar-refractivity contribution in [2.24, 2.45) is 0 Å². The molecule has 1 aliphatic rings. The normalized spacial score (nSPS) is 14.4. The van der Waals surface area contributed by atoms with Crippen molar-refractivity contribution >= 4 is 5.97 Å². The van der Waals surface area contributed by atoms with Gasteiger partial charge in [0, 0.05) is 5.92 Å². The zero-order valence-electron chi connectivity index (χ0n) is 12.1. The van der Waals surface area contributed by atoms with E-state index in [9.17, 15) is 4.79 Å². The van der Waals surface area contributed by atoms with E-state index in [0.29, 0.717) is 22.9 Å². The Labute approximate surface area is 131 Å². The van der Waals surface area contributed by atoms with Gasteiger partial charge in [0.2, 0.25) is 0 Å². The molecule has 2 aromatic heterocycles. The molecule has 0 bridgehead atoms. The average molecular weight is 311 g/mol. The van der Waals surface area contributed by atoms with Crippen LogP contribution < -0.4 is 4.74 Å². The Balaban J connectivity index is 1.49. The molecule has 116 valence electrons. The first kappa shape index (κ1) is 13.6. The fourth-order valence-electron chi connectivity index (χ4n) is 2.48. The molecule has 2 heterocycles. The van der Waals surface area contributed by atoms with E-state index in [1.165, 1.54) is 17.3 Å². The number of carbonyl (C=O) groups excluding carboxylic acids is 1. The van der Waals surface area contributed by atoms with Gasteiger partial charge in [0.05, 0.1) is 5.69 Å². The minimum absolute atomic E-state index is 0.304. The van der Waals surface area contributed by atoms with E-state index >= 15 is 0 Å². The molecule has 0 aliphatic heterocycles. The van der Waals surface area contributed by atoms with Crippen molar-refractivity contribution in [3.8, 4) is 11.4 Å². The van der Waals surface area contributed by atoms with Crippen LogP contribution in [0.15, 0.2) is 41.4 Å². The van der Waals surface area contributed by atoms with Crippen LogP contribution >= 0.6 is 0 Å². The summed E-state index contributed by atoms with van der Waals surface area (Å²) in [6.07, 6.45) is 6.07. The van der Waals surface area contributed by atoms with E-state index < -0.39 is 5.97 Å². The summed E-state index contributed by atoms with van der Waals surface area (Å²) in [6.45, 7) is 0. The molecule has 0 radical (unpaired) electrons. The minimum atomic E-state index is -0.455. The number of tetrazole rings is 1. The van der Waals surface area contributed by atoms with Gasteiger partial charge in [-0.2, -0.15) is 0 Å². The van der Waals surface area contributed by atoms with Gasteiger partial charge in [-0.1, -0.05) is 11.6 Å². The summed E-state index contributed by atoms with van der Waals surface area (Å²) < 4.78 is 11.9. The van der Waals surface area contributed by atoms with E-state index in [2.05, 4.69) is 20.7 Å². The van der Waals surface area contributed by atoms with Crippen LogP contribution in [0.4, 0.5) is 0 Å². The maximum absolute atomic E-state index is 12.3. The Bertz CT molecular complexity index is 806. The molecule has 1 fully saturated rings. The van der Waals surface area contributed by atoms with Crippen LogP contribution in [0.1, 0.15) is 41.2 Å². The zero-order valence-corrected chi connectivity index (χ0v) is 12.1. The van der Waals surface area contributed by atoms with Crippen molar-refractivity contribution in [2.75, 3.05) is 0 Å². The molecule has 0 N–H and O–H groups in total. The molecule has 8 heteroatoms. The van der Waals surface area contributed by atoms with Gasteiger partial charge in [-0.05, 0) is 47.5 Å². The van der Waals surface area contributed by atoms with E-state index in [-0.39, 0.29) is 0 Å². The summed E-state index contributed by atoms with van der Waals surface area (Å²) in [5.41, 5.74) is 1.88. The lowest BCUT2D eigenvalue weighted by Crippen LogP contribution is -2.16. The molecule has 0 atom stereocenters. The predicted octanol–water partition coefficient (Wildman–Crippen LogP) is 2.14. The summed E-state index contributed by atoms with van der Waals surface area (Å²) in [5.74, 6) is 0.286. The molecule has 1 aromatic carbocycles. The standard InChI is InChI=1S/C15H13N5O3/c21-15(13-8-22-17-14(13)10-2-1-3-10)23-12-6-4-11(5-7-12)20-9-16-18-19-20/h4-10H,1-3H2. The monoisotopic (exact) mass is 311 g/mol. The third-order valence-corrected chi connectivity index (χ3v) is 3.97. The molecule has 3 aromatic rings. The first-order valence-corrected chi connectivity index (χ1v) is 7.31. The van der Waals surface area contributed by atoms with Gasteiger partial charge in [-0.15, -0.1) is 5.10 Å². The maximum Gasteiger partial charge on any atom is 0.348 e. The van der Waals surface area contributed by atoms with Crippen molar-refractivity contribution in [2.45, 2.75) is 25.2 Å². The summed E-state index contributed by atoms with van der Waals surface area (Å²) in [5, 5.41) is 14.9. The van der Waals surface area contributed by atoms with Gasteiger partial charge in [0.1, 0.15) is 29.6 Å². The Hall–Kier alpha value is -3.03. The predicted molar refractivity (Wildman–Crippen MR) is 77.2 cm³/mol. The van der Waals surface area contributed by atoms with Gasteiger partial charge in [-0.25, -0.2) is 9.48 Å². The van der Waals surface area contributed by atoms with Crippen molar-refractivity contribution in [3.05, 3.63) is 48.1 Å². The van der Waals surface area contributed by atoms with E-state index in [4.69, 9.17) is 9.26 Å². The van der Waals surface area contributed by atoms with Gasteiger partial charge in [-0.3, -0.25) is 0 Å². The fourth-order valence-corrected chi connectivity index (χ4v) is 2.48. The first-order valence-electron chi connectivity index (χ1n) is 7.31. The summed E-state index contributed by atoms with van der Waals surface area (Å²) in [7, 11) is 0. The largest absolute Gasteiger partial charge is 0.423 e. The number of rotatable bonds is 4. The van der Waals surface area contributed by atoms with Gasteiger partial charge < -0.3 is 9.26 Å². The summed E-state index contributed by atoms with van der Waals surface area (Å²) in [4.78, 5) is 12.3. The number of carbonyl (C=O) groups is 1. The van der Waals surface area contributed by atoms with Gasteiger partial charge >= 0.3 is 5.97 Å². The Morgan fingerprint density at radius 2 is 2.09 bits per heavy atom. The van der Waals surface area contributed by atoms with Crippen molar-refractivity contribution in [1.82, 2.24) is 25.4 Å². The second kappa shape index (κ2) is 5.64. The van der Waals surface area contributed by atoms with Crippen LogP contribution in [-0.2, 0) is 0 Å².